The molecule has 10 heteroatoms. The Balaban J connectivity index is 1.53. The Morgan fingerprint density at radius 1 is 1.06 bits per heavy atom. The molecule has 0 saturated heterocycles. The molecule has 9 nitrogen and oxygen atoms in total. The van der Waals surface area contributed by atoms with Gasteiger partial charge in [-0.15, -0.1) is 4.40 Å². The SMILES string of the molecule is COc1ccc(NC(=O)[C@H](OC(=O)C2=CN3CCS(=O)(=O)N=C3C=C2)c2ccccc2)cc1. The van der Waals surface area contributed by atoms with E-state index in [4.69, 9.17) is 9.47 Å². The lowest BCUT2D eigenvalue weighted by molar-refractivity contribution is -0.150. The highest BCUT2D eigenvalue weighted by atomic mass is 32.2. The van der Waals surface area contributed by atoms with Gasteiger partial charge in [-0.1, -0.05) is 30.3 Å². The van der Waals surface area contributed by atoms with Gasteiger partial charge in [-0.2, -0.15) is 0 Å². The van der Waals surface area contributed by atoms with Crippen LogP contribution in [0.3, 0.4) is 0 Å². The number of nitrogens with zero attached hydrogens (tertiary/aromatic N) is 2. The van der Waals surface area contributed by atoms with Crippen molar-refractivity contribution in [2.45, 2.75) is 6.10 Å². The van der Waals surface area contributed by atoms with Crippen LogP contribution in [0.2, 0.25) is 0 Å². The van der Waals surface area contributed by atoms with Gasteiger partial charge < -0.3 is 19.7 Å². The van der Waals surface area contributed by atoms with Crippen molar-refractivity contribution in [2.24, 2.45) is 4.40 Å². The molecule has 1 amide bonds. The topological polar surface area (TPSA) is 114 Å². The number of carbonyl (C=O) groups is 2. The number of benzene rings is 2. The zero-order chi connectivity index (χ0) is 23.4. The summed E-state index contributed by atoms with van der Waals surface area (Å²) in [4.78, 5) is 27.5. The Hall–Kier alpha value is -3.92. The van der Waals surface area contributed by atoms with E-state index in [1.807, 2.05) is 0 Å². The minimum atomic E-state index is -3.50. The first kappa shape index (κ1) is 22.3. The van der Waals surface area contributed by atoms with Gasteiger partial charge in [-0.3, -0.25) is 4.79 Å². The highest BCUT2D eigenvalue weighted by molar-refractivity contribution is 7.90. The molecule has 170 valence electrons. The summed E-state index contributed by atoms with van der Waals surface area (Å²) in [5.74, 6) is -0.526. The number of amides is 1. The molecule has 2 aliphatic heterocycles. The lowest BCUT2D eigenvalue weighted by Gasteiger charge is -2.27. The number of anilines is 1. The summed E-state index contributed by atoms with van der Waals surface area (Å²) in [6.07, 6.45) is 3.12. The molecule has 0 bridgehead atoms. The number of carbonyl (C=O) groups excluding carboxylic acids is 2. The average molecular weight is 468 g/mol. The standard InChI is InChI=1S/C23H21N3O6S/c1-31-19-10-8-18(9-11-19)24-22(27)21(16-5-3-2-4-6-16)32-23(28)17-7-12-20-25-33(29,30)14-13-26(20)15-17/h2-12,15,21H,13-14H2,1H3,(H,24,27)/t21-/m1/s1. The van der Waals surface area contributed by atoms with Gasteiger partial charge in [0.05, 0.1) is 18.4 Å². The van der Waals surface area contributed by atoms with Gasteiger partial charge in [0, 0.05) is 24.0 Å². The molecule has 0 saturated carbocycles. The zero-order valence-electron chi connectivity index (χ0n) is 17.7. The summed E-state index contributed by atoms with van der Waals surface area (Å²) in [5, 5.41) is 2.75. The quantitative estimate of drug-likeness (QED) is 0.649. The van der Waals surface area contributed by atoms with Crippen LogP contribution in [0.1, 0.15) is 11.7 Å². The number of ether oxygens (including phenoxy) is 2. The molecule has 2 aromatic carbocycles. The van der Waals surface area contributed by atoms with Crippen molar-refractivity contribution in [1.29, 1.82) is 0 Å². The molecular weight excluding hydrogens is 446 g/mol. The highest BCUT2D eigenvalue weighted by Crippen LogP contribution is 2.24. The van der Waals surface area contributed by atoms with E-state index in [1.165, 1.54) is 18.4 Å². The van der Waals surface area contributed by atoms with Crippen molar-refractivity contribution in [3.63, 3.8) is 0 Å². The van der Waals surface area contributed by atoms with E-state index >= 15 is 0 Å². The third-order valence-electron chi connectivity index (χ3n) is 4.98. The van der Waals surface area contributed by atoms with Gasteiger partial charge in [0.25, 0.3) is 15.9 Å². The summed E-state index contributed by atoms with van der Waals surface area (Å²) >= 11 is 0. The minimum absolute atomic E-state index is 0.153. The molecule has 0 radical (unpaired) electrons. The van der Waals surface area contributed by atoms with Gasteiger partial charge in [0.2, 0.25) is 6.10 Å². The van der Waals surface area contributed by atoms with Crippen LogP contribution in [0.15, 0.2) is 82.9 Å². The molecule has 2 heterocycles. The maximum Gasteiger partial charge on any atom is 0.340 e. The fraction of sp³-hybridized carbons (Fsp3) is 0.174. The van der Waals surface area contributed by atoms with Gasteiger partial charge in [0.1, 0.15) is 11.6 Å². The zero-order valence-corrected chi connectivity index (χ0v) is 18.5. The van der Waals surface area contributed by atoms with E-state index in [2.05, 4.69) is 9.71 Å². The second-order valence-electron chi connectivity index (χ2n) is 7.26. The Morgan fingerprint density at radius 2 is 1.79 bits per heavy atom. The van der Waals surface area contributed by atoms with Crippen LogP contribution in [0.4, 0.5) is 5.69 Å². The first-order valence-electron chi connectivity index (χ1n) is 10.0. The Labute approximate surface area is 191 Å². The van der Waals surface area contributed by atoms with E-state index < -0.39 is 28.0 Å². The van der Waals surface area contributed by atoms with Crippen molar-refractivity contribution in [2.75, 3.05) is 24.7 Å². The summed E-state index contributed by atoms with van der Waals surface area (Å²) in [6, 6.07) is 15.4. The van der Waals surface area contributed by atoms with Crippen LogP contribution in [0, 0.1) is 0 Å². The largest absolute Gasteiger partial charge is 0.497 e. The number of methoxy groups -OCH3 is 1. The summed E-state index contributed by atoms with van der Waals surface area (Å²) < 4.78 is 37.7. The van der Waals surface area contributed by atoms with Gasteiger partial charge >= 0.3 is 5.97 Å². The smallest absolute Gasteiger partial charge is 0.340 e. The predicted octanol–water partition coefficient (Wildman–Crippen LogP) is 2.42. The van der Waals surface area contributed by atoms with E-state index in [0.717, 1.165) is 0 Å². The predicted molar refractivity (Wildman–Crippen MR) is 122 cm³/mol. The fourth-order valence-electron chi connectivity index (χ4n) is 3.28. The average Bonchev–Trinajstić information content (AvgIpc) is 2.82. The van der Waals surface area contributed by atoms with Crippen LogP contribution in [-0.4, -0.2) is 50.4 Å². The molecule has 0 aromatic heterocycles. The number of hydrogen-bond donors (Lipinski definition) is 1. The number of amidine groups is 1. The molecule has 4 rings (SSSR count). The molecule has 1 atom stereocenters. The third kappa shape index (κ3) is 5.29. The lowest BCUT2D eigenvalue weighted by Crippen LogP contribution is -2.37. The second-order valence-corrected chi connectivity index (χ2v) is 9.02. The Kier molecular flexibility index (Phi) is 6.27. The van der Waals surface area contributed by atoms with Crippen LogP contribution in [0.25, 0.3) is 0 Å². The van der Waals surface area contributed by atoms with E-state index in [-0.39, 0.29) is 23.7 Å². The van der Waals surface area contributed by atoms with Crippen molar-refractivity contribution in [1.82, 2.24) is 4.90 Å². The Morgan fingerprint density at radius 3 is 2.48 bits per heavy atom. The Bertz CT molecular complexity index is 1250. The number of esters is 1. The van der Waals surface area contributed by atoms with Crippen LogP contribution < -0.4 is 10.1 Å². The van der Waals surface area contributed by atoms with Gasteiger partial charge in [0.15, 0.2) is 0 Å². The van der Waals surface area contributed by atoms with E-state index in [0.29, 0.717) is 17.0 Å². The number of hydrogen-bond acceptors (Lipinski definition) is 7. The number of fused-ring (bicyclic) bond motifs is 1. The van der Waals surface area contributed by atoms with Crippen LogP contribution in [0.5, 0.6) is 5.75 Å². The van der Waals surface area contributed by atoms with E-state index in [9.17, 15) is 18.0 Å². The monoisotopic (exact) mass is 467 g/mol. The lowest BCUT2D eigenvalue weighted by atomic mass is 10.1. The number of rotatable bonds is 6. The molecule has 0 spiro atoms. The van der Waals surface area contributed by atoms with Crippen molar-refractivity contribution < 1.29 is 27.5 Å². The number of nitrogens with one attached hydrogen (secondary N) is 1. The molecule has 33 heavy (non-hydrogen) atoms. The van der Waals surface area contributed by atoms with Gasteiger partial charge in [-0.25, -0.2) is 13.2 Å². The van der Waals surface area contributed by atoms with Crippen LogP contribution in [-0.2, 0) is 24.3 Å². The van der Waals surface area contributed by atoms with Gasteiger partial charge in [-0.05, 0) is 36.4 Å². The second kappa shape index (κ2) is 9.29. The molecule has 0 unspecified atom stereocenters. The first-order chi connectivity index (χ1) is 15.8. The molecule has 2 aliphatic rings. The summed E-state index contributed by atoms with van der Waals surface area (Å²) in [5.41, 5.74) is 1.19. The normalized spacial score (nSPS) is 17.2. The fourth-order valence-corrected chi connectivity index (χ4v) is 4.25. The van der Waals surface area contributed by atoms with Crippen molar-refractivity contribution >= 4 is 33.4 Å². The summed E-state index contributed by atoms with van der Waals surface area (Å²) in [7, 11) is -1.96. The molecule has 0 aliphatic carbocycles. The minimum Gasteiger partial charge on any atom is -0.497 e. The van der Waals surface area contributed by atoms with Crippen molar-refractivity contribution in [3.8, 4) is 5.75 Å². The molecule has 2 aromatic rings. The molecule has 1 N–H and O–H groups in total. The van der Waals surface area contributed by atoms with Crippen molar-refractivity contribution in [3.05, 3.63) is 84.1 Å². The molecule has 0 fully saturated rings. The highest BCUT2D eigenvalue weighted by Gasteiger charge is 2.29. The molecular formula is C23H21N3O6S. The van der Waals surface area contributed by atoms with E-state index in [1.54, 1.807) is 66.6 Å². The third-order valence-corrected chi connectivity index (χ3v) is 6.15. The number of sulfonamides is 1. The van der Waals surface area contributed by atoms with Crippen LogP contribution >= 0.6 is 0 Å². The summed E-state index contributed by atoms with van der Waals surface area (Å²) in [6.45, 7) is 0.169. The maximum atomic E-state index is 13.0. The maximum absolute atomic E-state index is 13.0. The first-order valence-corrected chi connectivity index (χ1v) is 11.7.